The molecule has 0 aliphatic carbocycles. The summed E-state index contributed by atoms with van der Waals surface area (Å²) in [6.07, 6.45) is 0. The Morgan fingerprint density at radius 2 is 1.54 bits per heavy atom. The molecule has 0 aromatic heterocycles. The number of urea groups is 1. The molecule has 0 saturated carbocycles. The number of nitrogens with one attached hydrogen (secondary N) is 2. The quantitative estimate of drug-likeness (QED) is 0.554. The van der Waals surface area contributed by atoms with E-state index in [2.05, 4.69) is 10.6 Å². The van der Waals surface area contributed by atoms with E-state index in [0.29, 0.717) is 5.56 Å². The molecule has 0 aliphatic rings. The minimum absolute atomic E-state index is 0.208. The van der Waals surface area contributed by atoms with Gasteiger partial charge in [-0.3, -0.25) is 4.57 Å². The van der Waals surface area contributed by atoms with Crippen LogP contribution in [0, 0.1) is 20.8 Å². The van der Waals surface area contributed by atoms with Gasteiger partial charge in [0.25, 0.3) is 0 Å². The molecule has 152 valence electrons. The molecule has 0 unspecified atom stereocenters. The zero-order valence-electron chi connectivity index (χ0n) is 17.1. The lowest BCUT2D eigenvalue weighted by molar-refractivity contribution is 0.205. The van der Waals surface area contributed by atoms with Crippen LogP contribution in [-0.2, 0) is 13.6 Å². The van der Waals surface area contributed by atoms with Crippen LogP contribution in [0.25, 0.3) is 0 Å². The molecule has 0 bridgehead atoms. The molecule has 7 heteroatoms. The van der Waals surface area contributed by atoms with Crippen molar-refractivity contribution in [3.63, 3.8) is 0 Å². The maximum absolute atomic E-state index is 13.4. The fourth-order valence-electron chi connectivity index (χ4n) is 3.18. The van der Waals surface area contributed by atoms with Gasteiger partial charge in [-0.05, 0) is 51.3 Å². The number of amides is 2. The van der Waals surface area contributed by atoms with E-state index >= 15 is 0 Å². The van der Waals surface area contributed by atoms with E-state index in [1.165, 1.54) is 0 Å². The van der Waals surface area contributed by atoms with E-state index in [-0.39, 0.29) is 13.2 Å². The monoisotopic (exact) mass is 404 g/mol. The fraction of sp³-hybridized carbons (Fsp3) is 0.381. The lowest BCUT2D eigenvalue weighted by Crippen LogP contribution is -2.34. The van der Waals surface area contributed by atoms with E-state index in [1.807, 2.05) is 51.1 Å². The van der Waals surface area contributed by atoms with E-state index < -0.39 is 19.4 Å². The van der Waals surface area contributed by atoms with Gasteiger partial charge in [0.1, 0.15) is 0 Å². The third kappa shape index (κ3) is 5.44. The Hall–Kier alpha value is -2.14. The van der Waals surface area contributed by atoms with E-state index in [0.717, 1.165) is 22.4 Å². The SMILES string of the molecule is CCOP(=O)(OCC)[C@@H](NC(=O)Nc1c(C)cc(C)cc1C)c1ccccc1. The average molecular weight is 404 g/mol. The molecule has 2 aromatic rings. The smallest absolute Gasteiger partial charge is 0.320 e. The topological polar surface area (TPSA) is 76.7 Å². The predicted molar refractivity (Wildman–Crippen MR) is 113 cm³/mol. The number of carbonyl (C=O) groups is 1. The van der Waals surface area contributed by atoms with Crippen LogP contribution < -0.4 is 10.6 Å². The molecule has 0 fully saturated rings. The zero-order valence-corrected chi connectivity index (χ0v) is 18.0. The van der Waals surface area contributed by atoms with Crippen molar-refractivity contribution in [2.75, 3.05) is 18.5 Å². The van der Waals surface area contributed by atoms with Crippen molar-refractivity contribution in [1.29, 1.82) is 0 Å². The number of aryl methyl sites for hydroxylation is 3. The van der Waals surface area contributed by atoms with Gasteiger partial charge in [0.15, 0.2) is 5.78 Å². The fourth-order valence-corrected chi connectivity index (χ4v) is 5.08. The van der Waals surface area contributed by atoms with Crippen molar-refractivity contribution in [2.24, 2.45) is 0 Å². The molecular formula is C21H29N2O4P. The lowest BCUT2D eigenvalue weighted by Gasteiger charge is -2.27. The van der Waals surface area contributed by atoms with Crippen LogP contribution in [-0.4, -0.2) is 19.2 Å². The summed E-state index contributed by atoms with van der Waals surface area (Å²) in [6, 6.07) is 12.6. The summed E-state index contributed by atoms with van der Waals surface area (Å²) in [5.41, 5.74) is 4.43. The van der Waals surface area contributed by atoms with Crippen LogP contribution in [0.4, 0.5) is 10.5 Å². The first kappa shape index (κ1) is 22.2. The maximum Gasteiger partial charge on any atom is 0.357 e. The Bertz CT molecular complexity index is 822. The number of hydrogen-bond donors (Lipinski definition) is 2. The van der Waals surface area contributed by atoms with Gasteiger partial charge < -0.3 is 19.7 Å². The molecule has 0 spiro atoms. The van der Waals surface area contributed by atoms with E-state index in [9.17, 15) is 9.36 Å². The Morgan fingerprint density at radius 1 is 1.00 bits per heavy atom. The first-order chi connectivity index (χ1) is 13.3. The summed E-state index contributed by atoms with van der Waals surface area (Å²) in [4.78, 5) is 12.8. The highest BCUT2D eigenvalue weighted by Crippen LogP contribution is 2.59. The molecule has 0 saturated heterocycles. The highest BCUT2D eigenvalue weighted by Gasteiger charge is 2.38. The second-order valence-corrected chi connectivity index (χ2v) is 8.67. The van der Waals surface area contributed by atoms with Crippen molar-refractivity contribution in [2.45, 2.75) is 40.4 Å². The number of rotatable bonds is 8. The second kappa shape index (κ2) is 9.87. The Balaban J connectivity index is 2.32. The van der Waals surface area contributed by atoms with Gasteiger partial charge >= 0.3 is 13.6 Å². The van der Waals surface area contributed by atoms with Crippen molar-refractivity contribution >= 4 is 19.3 Å². The maximum atomic E-state index is 13.4. The lowest BCUT2D eigenvalue weighted by atomic mass is 10.1. The molecule has 0 aliphatic heterocycles. The first-order valence-electron chi connectivity index (χ1n) is 9.39. The predicted octanol–water partition coefficient (Wildman–Crippen LogP) is 5.70. The summed E-state index contributed by atoms with van der Waals surface area (Å²) >= 11 is 0. The third-order valence-corrected chi connectivity index (χ3v) is 6.53. The van der Waals surface area contributed by atoms with Crippen molar-refractivity contribution in [3.8, 4) is 0 Å². The van der Waals surface area contributed by atoms with Gasteiger partial charge in [-0.15, -0.1) is 0 Å². The number of carbonyl (C=O) groups excluding carboxylic acids is 1. The summed E-state index contributed by atoms with van der Waals surface area (Å²) in [6.45, 7) is 9.79. The molecule has 28 heavy (non-hydrogen) atoms. The molecular weight excluding hydrogens is 375 g/mol. The first-order valence-corrected chi connectivity index (χ1v) is 11.0. The molecule has 2 N–H and O–H groups in total. The molecule has 0 radical (unpaired) electrons. The number of hydrogen-bond acceptors (Lipinski definition) is 4. The molecule has 2 amide bonds. The highest BCUT2D eigenvalue weighted by molar-refractivity contribution is 7.54. The molecule has 2 aromatic carbocycles. The van der Waals surface area contributed by atoms with Crippen LogP contribution in [0.1, 0.15) is 41.9 Å². The average Bonchev–Trinajstić information content (AvgIpc) is 2.64. The van der Waals surface area contributed by atoms with Crippen LogP contribution in [0.15, 0.2) is 42.5 Å². The van der Waals surface area contributed by atoms with Gasteiger partial charge in [-0.25, -0.2) is 4.79 Å². The van der Waals surface area contributed by atoms with E-state index in [4.69, 9.17) is 9.05 Å². The number of anilines is 1. The van der Waals surface area contributed by atoms with Gasteiger partial charge in [0.05, 0.1) is 13.2 Å². The standard InChI is InChI=1S/C21H29N2O4P/c1-6-26-28(25,27-7-2)20(18-11-9-8-10-12-18)23-21(24)22-19-16(4)13-15(3)14-17(19)5/h8-14,20H,6-7H2,1-5H3,(H2,22,23,24)/t20-/m1/s1. The molecule has 6 nitrogen and oxygen atoms in total. The van der Waals surface area contributed by atoms with Crippen molar-refractivity contribution < 1.29 is 18.4 Å². The third-order valence-electron chi connectivity index (χ3n) is 4.23. The summed E-state index contributed by atoms with van der Waals surface area (Å²) in [5, 5.41) is 5.68. The zero-order chi connectivity index (χ0) is 20.7. The summed E-state index contributed by atoms with van der Waals surface area (Å²) < 4.78 is 24.4. The summed E-state index contributed by atoms with van der Waals surface area (Å²) in [5.74, 6) is -0.917. The highest BCUT2D eigenvalue weighted by atomic mass is 31.2. The second-order valence-electron chi connectivity index (χ2n) is 6.56. The van der Waals surface area contributed by atoms with Crippen molar-refractivity contribution in [3.05, 3.63) is 64.7 Å². The van der Waals surface area contributed by atoms with E-state index in [1.54, 1.807) is 26.0 Å². The normalized spacial score (nSPS) is 12.5. The van der Waals surface area contributed by atoms with Crippen LogP contribution in [0.3, 0.4) is 0 Å². The van der Waals surface area contributed by atoms with Gasteiger partial charge in [0, 0.05) is 5.69 Å². The minimum atomic E-state index is -3.61. The Labute approximate surface area is 167 Å². The van der Waals surface area contributed by atoms with Crippen LogP contribution in [0.2, 0.25) is 0 Å². The van der Waals surface area contributed by atoms with Crippen LogP contribution in [0.5, 0.6) is 0 Å². The minimum Gasteiger partial charge on any atom is -0.320 e. The molecule has 1 atom stereocenters. The van der Waals surface area contributed by atoms with Crippen molar-refractivity contribution in [1.82, 2.24) is 5.32 Å². The molecule has 0 heterocycles. The van der Waals surface area contributed by atoms with Gasteiger partial charge in [-0.2, -0.15) is 0 Å². The van der Waals surface area contributed by atoms with Gasteiger partial charge in [0.2, 0.25) is 0 Å². The number of benzene rings is 2. The van der Waals surface area contributed by atoms with Crippen LogP contribution >= 0.6 is 7.60 Å². The molecule has 2 rings (SSSR count). The Morgan fingerprint density at radius 3 is 2.04 bits per heavy atom. The summed E-state index contributed by atoms with van der Waals surface area (Å²) in [7, 11) is -3.61. The largest absolute Gasteiger partial charge is 0.357 e. The Kier molecular flexibility index (Phi) is 7.81. The van der Waals surface area contributed by atoms with Gasteiger partial charge in [-0.1, -0.05) is 48.0 Å².